The summed E-state index contributed by atoms with van der Waals surface area (Å²) in [5.41, 5.74) is -0.552. The molecule has 1 aromatic carbocycles. The minimum absolute atomic E-state index is 0.0338. The number of rotatable bonds is 4. The van der Waals surface area contributed by atoms with Crippen molar-refractivity contribution in [2.75, 3.05) is 6.61 Å². The highest BCUT2D eigenvalue weighted by atomic mass is 35.5. The zero-order chi connectivity index (χ0) is 22.0. The second kappa shape index (κ2) is 8.68. The molecule has 3 aromatic rings. The van der Waals surface area contributed by atoms with E-state index in [9.17, 15) is 18.0 Å². The number of benzene rings is 1. The van der Waals surface area contributed by atoms with E-state index in [4.69, 9.17) is 21.1 Å². The topological polar surface area (TPSA) is 66.2 Å². The molecule has 0 spiro atoms. The second-order valence-corrected chi connectivity index (χ2v) is 7.30. The van der Waals surface area contributed by atoms with Crippen LogP contribution in [0.4, 0.5) is 13.2 Å². The minimum atomic E-state index is -4.55. The Labute approximate surface area is 180 Å². The number of alkyl halides is 3. The normalized spacial score (nSPS) is 16.8. The lowest BCUT2D eigenvalue weighted by Gasteiger charge is -2.23. The third kappa shape index (κ3) is 4.57. The number of ether oxygens (including phenoxy) is 2. The number of aromatic nitrogens is 3. The Morgan fingerprint density at radius 3 is 2.61 bits per heavy atom. The molecule has 1 aliphatic rings. The van der Waals surface area contributed by atoms with Gasteiger partial charge in [-0.1, -0.05) is 23.7 Å². The molecule has 1 saturated heterocycles. The van der Waals surface area contributed by atoms with Gasteiger partial charge in [0, 0.05) is 30.0 Å². The SMILES string of the molecule is O=c1c(Cl)c(-c2ccc(Oc3ccccc3C(F)(F)F)nc2)cnn1C1CCCCO1. The van der Waals surface area contributed by atoms with Gasteiger partial charge in [-0.2, -0.15) is 23.0 Å². The summed E-state index contributed by atoms with van der Waals surface area (Å²) in [5, 5.41) is 4.14. The van der Waals surface area contributed by atoms with E-state index < -0.39 is 23.5 Å². The van der Waals surface area contributed by atoms with Crippen LogP contribution in [0, 0.1) is 0 Å². The highest BCUT2D eigenvalue weighted by Gasteiger charge is 2.34. The van der Waals surface area contributed by atoms with Crippen LogP contribution in [0.2, 0.25) is 5.02 Å². The van der Waals surface area contributed by atoms with Crippen LogP contribution in [0.1, 0.15) is 31.1 Å². The second-order valence-electron chi connectivity index (χ2n) is 6.92. The van der Waals surface area contributed by atoms with E-state index in [1.54, 1.807) is 6.07 Å². The van der Waals surface area contributed by atoms with Crippen LogP contribution in [0.15, 0.2) is 53.6 Å². The van der Waals surface area contributed by atoms with Crippen LogP contribution in [-0.2, 0) is 10.9 Å². The van der Waals surface area contributed by atoms with E-state index in [-0.39, 0.29) is 16.7 Å². The van der Waals surface area contributed by atoms with Crippen LogP contribution < -0.4 is 10.3 Å². The maximum absolute atomic E-state index is 13.1. The maximum atomic E-state index is 13.1. The largest absolute Gasteiger partial charge is 0.438 e. The van der Waals surface area contributed by atoms with Crippen molar-refractivity contribution in [2.24, 2.45) is 0 Å². The van der Waals surface area contributed by atoms with Crippen LogP contribution in [-0.4, -0.2) is 21.4 Å². The summed E-state index contributed by atoms with van der Waals surface area (Å²) in [5.74, 6) is -0.390. The molecule has 0 N–H and O–H groups in total. The molecule has 10 heteroatoms. The molecule has 4 rings (SSSR count). The van der Waals surface area contributed by atoms with Gasteiger partial charge in [-0.15, -0.1) is 0 Å². The fraction of sp³-hybridized carbons (Fsp3) is 0.286. The summed E-state index contributed by atoms with van der Waals surface area (Å²) in [4.78, 5) is 16.7. The molecular formula is C21H17ClF3N3O3. The molecule has 2 aromatic heterocycles. The minimum Gasteiger partial charge on any atom is -0.438 e. The molecule has 0 bridgehead atoms. The smallest absolute Gasteiger partial charge is 0.419 e. The Morgan fingerprint density at radius 1 is 1.13 bits per heavy atom. The number of para-hydroxylation sites is 1. The van der Waals surface area contributed by atoms with Crippen molar-refractivity contribution in [1.82, 2.24) is 14.8 Å². The molecule has 31 heavy (non-hydrogen) atoms. The average molecular weight is 452 g/mol. The molecule has 1 aliphatic heterocycles. The molecule has 0 radical (unpaired) electrons. The first-order valence-corrected chi connectivity index (χ1v) is 9.92. The van der Waals surface area contributed by atoms with Crippen molar-refractivity contribution in [3.8, 4) is 22.8 Å². The molecule has 0 aliphatic carbocycles. The highest BCUT2D eigenvalue weighted by molar-refractivity contribution is 6.33. The first-order chi connectivity index (χ1) is 14.8. The van der Waals surface area contributed by atoms with Crippen molar-refractivity contribution < 1.29 is 22.6 Å². The van der Waals surface area contributed by atoms with Crippen molar-refractivity contribution in [1.29, 1.82) is 0 Å². The molecule has 1 fully saturated rings. The van der Waals surface area contributed by atoms with Gasteiger partial charge < -0.3 is 9.47 Å². The average Bonchev–Trinajstić information content (AvgIpc) is 2.77. The van der Waals surface area contributed by atoms with Crippen molar-refractivity contribution >= 4 is 11.6 Å². The Bertz CT molecular complexity index is 1130. The van der Waals surface area contributed by atoms with Crippen LogP contribution >= 0.6 is 11.6 Å². The molecule has 162 valence electrons. The summed E-state index contributed by atoms with van der Waals surface area (Å²) >= 11 is 6.28. The number of nitrogens with zero attached hydrogens (tertiary/aromatic N) is 3. The van der Waals surface area contributed by atoms with Crippen LogP contribution in [0.5, 0.6) is 11.6 Å². The third-order valence-electron chi connectivity index (χ3n) is 4.83. The summed E-state index contributed by atoms with van der Waals surface area (Å²) in [6.07, 6.45) is 0.339. The van der Waals surface area contributed by atoms with Gasteiger partial charge in [0.1, 0.15) is 10.8 Å². The number of hydrogen-bond donors (Lipinski definition) is 0. The highest BCUT2D eigenvalue weighted by Crippen LogP contribution is 2.37. The first kappa shape index (κ1) is 21.3. The maximum Gasteiger partial charge on any atom is 0.419 e. The van der Waals surface area contributed by atoms with Gasteiger partial charge in [-0.05, 0) is 37.5 Å². The van der Waals surface area contributed by atoms with E-state index in [0.717, 1.165) is 18.9 Å². The Kier molecular flexibility index (Phi) is 5.97. The van der Waals surface area contributed by atoms with E-state index in [0.29, 0.717) is 24.2 Å². The van der Waals surface area contributed by atoms with Gasteiger partial charge in [0.2, 0.25) is 5.88 Å². The van der Waals surface area contributed by atoms with E-state index in [2.05, 4.69) is 10.1 Å². The van der Waals surface area contributed by atoms with Crippen molar-refractivity contribution in [3.63, 3.8) is 0 Å². The zero-order valence-electron chi connectivity index (χ0n) is 16.1. The predicted octanol–water partition coefficient (Wildman–Crippen LogP) is 5.47. The number of hydrogen-bond acceptors (Lipinski definition) is 5. The van der Waals surface area contributed by atoms with E-state index in [1.165, 1.54) is 41.3 Å². The molecule has 6 nitrogen and oxygen atoms in total. The lowest BCUT2D eigenvalue weighted by Crippen LogP contribution is -2.31. The zero-order valence-corrected chi connectivity index (χ0v) is 16.9. The molecule has 0 saturated carbocycles. The fourth-order valence-electron chi connectivity index (χ4n) is 3.27. The van der Waals surface area contributed by atoms with Gasteiger partial charge in [0.15, 0.2) is 6.23 Å². The quantitative estimate of drug-likeness (QED) is 0.526. The summed E-state index contributed by atoms with van der Waals surface area (Å²) in [6, 6.07) is 7.81. The lowest BCUT2D eigenvalue weighted by atomic mass is 10.1. The summed E-state index contributed by atoms with van der Waals surface area (Å²) < 4.78 is 51.5. The molecule has 0 amide bonds. The number of halogens is 4. The lowest BCUT2D eigenvalue weighted by molar-refractivity contribution is -0.138. The molecule has 1 unspecified atom stereocenters. The number of pyridine rings is 1. The van der Waals surface area contributed by atoms with Crippen molar-refractivity contribution in [3.05, 3.63) is 69.7 Å². The van der Waals surface area contributed by atoms with E-state index >= 15 is 0 Å². The monoisotopic (exact) mass is 451 g/mol. The summed E-state index contributed by atoms with van der Waals surface area (Å²) in [6.45, 7) is 0.557. The molecule has 3 heterocycles. The van der Waals surface area contributed by atoms with Gasteiger partial charge >= 0.3 is 6.18 Å². The predicted molar refractivity (Wildman–Crippen MR) is 107 cm³/mol. The van der Waals surface area contributed by atoms with Gasteiger partial charge in [-0.25, -0.2) is 4.98 Å². The first-order valence-electron chi connectivity index (χ1n) is 9.54. The standard InChI is InChI=1S/C21H17ClF3N3O3/c22-19-14(12-27-28(20(19)29)18-7-3-4-10-30-18)13-8-9-17(26-11-13)31-16-6-2-1-5-15(16)21(23,24)25/h1-2,5-6,8-9,11-12,18H,3-4,7,10H2. The Hall–Kier alpha value is -2.91. The van der Waals surface area contributed by atoms with Gasteiger partial charge in [0.05, 0.1) is 11.8 Å². The van der Waals surface area contributed by atoms with Crippen molar-refractivity contribution in [2.45, 2.75) is 31.7 Å². The third-order valence-corrected chi connectivity index (χ3v) is 5.19. The van der Waals surface area contributed by atoms with Crippen LogP contribution in [0.25, 0.3) is 11.1 Å². The molecule has 1 atom stereocenters. The van der Waals surface area contributed by atoms with Gasteiger partial charge in [-0.3, -0.25) is 4.79 Å². The van der Waals surface area contributed by atoms with E-state index in [1.807, 2.05) is 0 Å². The fourth-order valence-corrected chi connectivity index (χ4v) is 3.51. The molecular weight excluding hydrogens is 435 g/mol. The Balaban J connectivity index is 1.58. The summed E-state index contributed by atoms with van der Waals surface area (Å²) in [7, 11) is 0. The van der Waals surface area contributed by atoms with Gasteiger partial charge in [0.25, 0.3) is 5.56 Å². The Morgan fingerprint density at radius 2 is 1.94 bits per heavy atom. The van der Waals surface area contributed by atoms with Crippen LogP contribution in [0.3, 0.4) is 0 Å².